The lowest BCUT2D eigenvalue weighted by molar-refractivity contribution is 0.630. The number of fused-ring (bicyclic) bond motifs is 2. The van der Waals surface area contributed by atoms with Gasteiger partial charge in [-0.25, -0.2) is 14.4 Å². The number of rotatable bonds is 1. The zero-order valence-electron chi connectivity index (χ0n) is 11.1. The Balaban J connectivity index is 2.02. The third-order valence-electron chi connectivity index (χ3n) is 3.51. The number of H-pyrrole nitrogens is 1. The minimum absolute atomic E-state index is 0.197. The van der Waals surface area contributed by atoms with Gasteiger partial charge in [-0.05, 0) is 13.0 Å². The van der Waals surface area contributed by atoms with E-state index in [0.717, 1.165) is 22.2 Å². The van der Waals surface area contributed by atoms with Gasteiger partial charge < -0.3 is 15.1 Å². The van der Waals surface area contributed by atoms with Gasteiger partial charge in [0.25, 0.3) is 0 Å². The fourth-order valence-corrected chi connectivity index (χ4v) is 2.47. The second-order valence-corrected chi connectivity index (χ2v) is 4.86. The van der Waals surface area contributed by atoms with Crippen LogP contribution in [-0.4, -0.2) is 24.3 Å². The first-order valence-electron chi connectivity index (χ1n) is 6.36. The van der Waals surface area contributed by atoms with Gasteiger partial charge >= 0.3 is 0 Å². The molecule has 4 aromatic rings. The van der Waals surface area contributed by atoms with Gasteiger partial charge in [0.05, 0.1) is 0 Å². The standard InChI is InChI=1S/C14H11FN6/c1-7-3-18-13-11(15)2-8(6-21(7)13)9-4-17-12-10(9)5-19-14(16)20-12/h2-6H,1H3,(H3,16,17,19,20). The monoisotopic (exact) mass is 282 g/mol. The van der Waals surface area contributed by atoms with Crippen molar-refractivity contribution in [1.82, 2.24) is 24.3 Å². The fraction of sp³-hybridized carbons (Fsp3) is 0.0714. The molecule has 0 atom stereocenters. The molecule has 4 rings (SSSR count). The third-order valence-corrected chi connectivity index (χ3v) is 3.51. The Morgan fingerprint density at radius 2 is 2.14 bits per heavy atom. The predicted octanol–water partition coefficient (Wildman–Crippen LogP) is 2.30. The van der Waals surface area contributed by atoms with Crippen LogP contribution < -0.4 is 5.73 Å². The zero-order valence-corrected chi connectivity index (χ0v) is 11.1. The Kier molecular flexibility index (Phi) is 2.26. The van der Waals surface area contributed by atoms with Crippen LogP contribution in [0.3, 0.4) is 0 Å². The molecule has 0 saturated carbocycles. The first-order valence-corrected chi connectivity index (χ1v) is 6.36. The predicted molar refractivity (Wildman–Crippen MR) is 77.2 cm³/mol. The zero-order chi connectivity index (χ0) is 14.6. The molecule has 0 fully saturated rings. The van der Waals surface area contributed by atoms with Gasteiger partial charge in [-0.2, -0.15) is 4.98 Å². The Hall–Kier alpha value is -2.96. The van der Waals surface area contributed by atoms with Crippen molar-refractivity contribution >= 4 is 22.6 Å². The third kappa shape index (κ3) is 1.67. The van der Waals surface area contributed by atoms with E-state index in [4.69, 9.17) is 5.73 Å². The van der Waals surface area contributed by atoms with Crippen molar-refractivity contribution in [3.05, 3.63) is 42.4 Å². The van der Waals surface area contributed by atoms with Crippen molar-refractivity contribution in [2.45, 2.75) is 6.92 Å². The molecule has 6 nitrogen and oxygen atoms in total. The molecular formula is C14H11FN6. The van der Waals surface area contributed by atoms with Crippen LogP contribution in [-0.2, 0) is 0 Å². The van der Waals surface area contributed by atoms with E-state index in [1.54, 1.807) is 23.0 Å². The number of nitrogens with zero attached hydrogens (tertiary/aromatic N) is 4. The van der Waals surface area contributed by atoms with Gasteiger partial charge in [0.1, 0.15) is 5.65 Å². The molecule has 0 aromatic carbocycles. The molecule has 0 aliphatic heterocycles. The summed E-state index contributed by atoms with van der Waals surface area (Å²) in [7, 11) is 0. The summed E-state index contributed by atoms with van der Waals surface area (Å²) in [6.45, 7) is 1.88. The van der Waals surface area contributed by atoms with Crippen LogP contribution in [0.1, 0.15) is 5.69 Å². The Labute approximate surface area is 118 Å². The molecule has 0 spiro atoms. The maximum absolute atomic E-state index is 14.2. The van der Waals surface area contributed by atoms with E-state index in [1.165, 1.54) is 6.07 Å². The summed E-state index contributed by atoms with van der Waals surface area (Å²) in [4.78, 5) is 15.2. The van der Waals surface area contributed by atoms with Crippen molar-refractivity contribution in [1.29, 1.82) is 0 Å². The number of pyridine rings is 1. The average Bonchev–Trinajstić information content (AvgIpc) is 3.03. The highest BCUT2D eigenvalue weighted by molar-refractivity contribution is 5.93. The largest absolute Gasteiger partial charge is 0.368 e. The quantitative estimate of drug-likeness (QED) is 0.561. The highest BCUT2D eigenvalue weighted by atomic mass is 19.1. The lowest BCUT2D eigenvalue weighted by atomic mass is 10.1. The van der Waals surface area contributed by atoms with Crippen molar-refractivity contribution < 1.29 is 4.39 Å². The lowest BCUT2D eigenvalue weighted by Gasteiger charge is -2.04. The smallest absolute Gasteiger partial charge is 0.221 e. The highest BCUT2D eigenvalue weighted by Crippen LogP contribution is 2.29. The van der Waals surface area contributed by atoms with E-state index in [-0.39, 0.29) is 11.8 Å². The van der Waals surface area contributed by atoms with Crippen molar-refractivity contribution in [2.75, 3.05) is 5.73 Å². The first-order chi connectivity index (χ1) is 10.1. The Bertz CT molecular complexity index is 984. The molecule has 104 valence electrons. The summed E-state index contributed by atoms with van der Waals surface area (Å²) in [5, 5.41) is 0.792. The van der Waals surface area contributed by atoms with Gasteiger partial charge in [0.2, 0.25) is 5.95 Å². The number of anilines is 1. The van der Waals surface area contributed by atoms with Gasteiger partial charge in [0.15, 0.2) is 11.5 Å². The molecular weight excluding hydrogens is 271 g/mol. The molecule has 21 heavy (non-hydrogen) atoms. The molecule has 0 aliphatic rings. The SMILES string of the molecule is Cc1cnc2c(F)cc(-c3c[nH]c4nc(N)ncc34)cn12. The topological polar surface area (TPSA) is 84.9 Å². The molecule has 0 aliphatic carbocycles. The van der Waals surface area contributed by atoms with E-state index >= 15 is 0 Å². The number of hydrogen-bond acceptors (Lipinski definition) is 4. The molecule has 0 saturated heterocycles. The number of halogens is 1. The van der Waals surface area contributed by atoms with E-state index in [9.17, 15) is 4.39 Å². The number of nitrogens with two attached hydrogens (primary N) is 1. The number of aryl methyl sites for hydroxylation is 1. The minimum Gasteiger partial charge on any atom is -0.368 e. The molecule has 0 bridgehead atoms. The van der Waals surface area contributed by atoms with E-state index < -0.39 is 0 Å². The lowest BCUT2D eigenvalue weighted by Crippen LogP contribution is -1.94. The molecule has 4 heterocycles. The Morgan fingerprint density at radius 3 is 3.00 bits per heavy atom. The van der Waals surface area contributed by atoms with Crippen LogP contribution in [0.2, 0.25) is 0 Å². The molecule has 3 N–H and O–H groups in total. The summed E-state index contributed by atoms with van der Waals surface area (Å²) in [6.07, 6.45) is 6.89. The second-order valence-electron chi connectivity index (χ2n) is 4.86. The van der Waals surface area contributed by atoms with E-state index in [1.807, 2.05) is 13.1 Å². The van der Waals surface area contributed by atoms with Gasteiger partial charge in [-0.3, -0.25) is 0 Å². The Morgan fingerprint density at radius 1 is 1.29 bits per heavy atom. The van der Waals surface area contributed by atoms with Crippen molar-refractivity contribution in [2.24, 2.45) is 0 Å². The van der Waals surface area contributed by atoms with E-state index in [2.05, 4.69) is 19.9 Å². The minimum atomic E-state index is -0.369. The van der Waals surface area contributed by atoms with Gasteiger partial charge in [-0.15, -0.1) is 0 Å². The van der Waals surface area contributed by atoms with Gasteiger partial charge in [0, 0.05) is 47.0 Å². The number of aromatic amines is 1. The summed E-state index contributed by atoms with van der Waals surface area (Å²) in [5.41, 5.74) is 8.91. The van der Waals surface area contributed by atoms with Gasteiger partial charge in [-0.1, -0.05) is 0 Å². The second kappa shape index (κ2) is 4.02. The molecule has 0 unspecified atom stereocenters. The maximum atomic E-state index is 14.2. The normalized spacial score (nSPS) is 11.5. The maximum Gasteiger partial charge on any atom is 0.221 e. The van der Waals surface area contributed by atoms with Crippen molar-refractivity contribution in [3.8, 4) is 11.1 Å². The highest BCUT2D eigenvalue weighted by Gasteiger charge is 2.13. The first kappa shape index (κ1) is 11.8. The van der Waals surface area contributed by atoms with Crippen LogP contribution >= 0.6 is 0 Å². The number of nitrogen functional groups attached to an aromatic ring is 1. The number of aromatic nitrogens is 5. The molecule has 0 radical (unpaired) electrons. The van der Waals surface area contributed by atoms with Crippen molar-refractivity contribution in [3.63, 3.8) is 0 Å². The summed E-state index contributed by atoms with van der Waals surface area (Å²) in [5.74, 6) is -0.172. The molecule has 7 heteroatoms. The summed E-state index contributed by atoms with van der Waals surface area (Å²) in [6, 6.07) is 1.46. The van der Waals surface area contributed by atoms with Crippen LogP contribution in [0.5, 0.6) is 0 Å². The number of hydrogen-bond donors (Lipinski definition) is 2. The van der Waals surface area contributed by atoms with Crippen LogP contribution in [0.15, 0.2) is 30.9 Å². The fourth-order valence-electron chi connectivity index (χ4n) is 2.47. The van der Waals surface area contributed by atoms with Crippen LogP contribution in [0.25, 0.3) is 27.8 Å². The van der Waals surface area contributed by atoms with E-state index in [0.29, 0.717) is 11.3 Å². The van der Waals surface area contributed by atoms with Crippen LogP contribution in [0, 0.1) is 12.7 Å². The molecule has 0 amide bonds. The summed E-state index contributed by atoms with van der Waals surface area (Å²) < 4.78 is 15.9. The number of nitrogens with one attached hydrogen (secondary N) is 1. The number of imidazole rings is 1. The molecule has 4 aromatic heterocycles. The summed E-state index contributed by atoms with van der Waals surface area (Å²) >= 11 is 0. The van der Waals surface area contributed by atoms with Crippen LogP contribution in [0.4, 0.5) is 10.3 Å². The average molecular weight is 282 g/mol.